The van der Waals surface area contributed by atoms with Crippen molar-refractivity contribution < 1.29 is 5.11 Å². The minimum Gasteiger partial charge on any atom is -0.492 e. The molecule has 1 aromatic heterocycles. The van der Waals surface area contributed by atoms with Crippen LogP contribution in [0.3, 0.4) is 0 Å². The van der Waals surface area contributed by atoms with Crippen LogP contribution < -0.4 is 0 Å². The Morgan fingerprint density at radius 2 is 2.00 bits per heavy atom. The van der Waals surface area contributed by atoms with E-state index in [-0.39, 0.29) is 5.88 Å². The lowest BCUT2D eigenvalue weighted by Crippen LogP contribution is -2.04. The van der Waals surface area contributed by atoms with E-state index in [1.807, 2.05) is 11.6 Å². The normalized spacial score (nSPS) is 11.2. The van der Waals surface area contributed by atoms with Crippen LogP contribution in [0.25, 0.3) is 0 Å². The molecule has 0 amide bonds. The van der Waals surface area contributed by atoms with Gasteiger partial charge in [-0.3, -0.25) is 4.68 Å². The highest BCUT2D eigenvalue weighted by atomic mass is 16.3. The largest absolute Gasteiger partial charge is 0.492 e. The zero-order chi connectivity index (χ0) is 10.7. The van der Waals surface area contributed by atoms with Crippen molar-refractivity contribution in [3.8, 4) is 5.88 Å². The van der Waals surface area contributed by atoms with E-state index in [2.05, 4.69) is 25.9 Å². The fourth-order valence-corrected chi connectivity index (χ4v) is 1.79. The minimum atomic E-state index is 0.220. The van der Waals surface area contributed by atoms with Crippen molar-refractivity contribution in [2.75, 3.05) is 0 Å². The molecule has 1 rings (SSSR count). The fraction of sp³-hybridized carbons (Fsp3) is 0.727. The summed E-state index contributed by atoms with van der Waals surface area (Å²) in [7, 11) is 0. The zero-order valence-corrected chi connectivity index (χ0v) is 9.54. The molecule has 0 unspecified atom stereocenters. The topological polar surface area (TPSA) is 38.1 Å². The number of aryl methyl sites for hydroxylation is 1. The second kappa shape index (κ2) is 4.49. The van der Waals surface area contributed by atoms with Crippen molar-refractivity contribution >= 4 is 0 Å². The Morgan fingerprint density at radius 3 is 2.43 bits per heavy atom. The molecular formula is C11H20N2O. The van der Waals surface area contributed by atoms with Gasteiger partial charge in [-0.25, -0.2) is 0 Å². The summed E-state index contributed by atoms with van der Waals surface area (Å²) in [5, 5.41) is 13.8. The molecule has 0 aliphatic heterocycles. The van der Waals surface area contributed by atoms with Crippen molar-refractivity contribution in [1.29, 1.82) is 0 Å². The molecule has 14 heavy (non-hydrogen) atoms. The molecule has 0 saturated carbocycles. The maximum absolute atomic E-state index is 9.69. The molecule has 1 N–H and O–H groups in total. The minimum absolute atomic E-state index is 0.220. The van der Waals surface area contributed by atoms with Crippen LogP contribution in [0.1, 0.15) is 39.0 Å². The Bertz CT molecular complexity index is 302. The molecule has 0 radical (unpaired) electrons. The maximum Gasteiger partial charge on any atom is 0.233 e. The first-order valence-corrected chi connectivity index (χ1v) is 5.37. The Balaban J connectivity index is 3.06. The molecule has 0 spiro atoms. The smallest absolute Gasteiger partial charge is 0.233 e. The van der Waals surface area contributed by atoms with Crippen LogP contribution in [-0.2, 0) is 19.4 Å². The third kappa shape index (κ3) is 2.08. The van der Waals surface area contributed by atoms with Gasteiger partial charge in [0.1, 0.15) is 0 Å². The van der Waals surface area contributed by atoms with Gasteiger partial charge in [0.2, 0.25) is 5.88 Å². The van der Waals surface area contributed by atoms with Gasteiger partial charge in [-0.2, -0.15) is 0 Å². The van der Waals surface area contributed by atoms with Crippen molar-refractivity contribution in [2.45, 2.75) is 47.1 Å². The lowest BCUT2D eigenvalue weighted by Gasteiger charge is -2.06. The number of hydrogen-bond donors (Lipinski definition) is 1. The number of nitrogens with zero attached hydrogens (tertiary/aromatic N) is 2. The first kappa shape index (κ1) is 11.1. The number of aromatic nitrogens is 2. The highest BCUT2D eigenvalue weighted by Crippen LogP contribution is 2.23. The summed E-state index contributed by atoms with van der Waals surface area (Å²) in [6.07, 6.45) is 1.85. The van der Waals surface area contributed by atoms with Crippen LogP contribution in [-0.4, -0.2) is 14.9 Å². The average Bonchev–Trinajstić information content (AvgIpc) is 2.42. The van der Waals surface area contributed by atoms with Crippen molar-refractivity contribution in [2.24, 2.45) is 5.92 Å². The second-order valence-corrected chi connectivity index (χ2v) is 4.02. The molecule has 0 fully saturated rings. The van der Waals surface area contributed by atoms with Gasteiger partial charge in [0.05, 0.1) is 0 Å². The quantitative estimate of drug-likeness (QED) is 0.802. The molecule has 0 saturated heterocycles. The van der Waals surface area contributed by atoms with Crippen LogP contribution in [0.2, 0.25) is 0 Å². The van der Waals surface area contributed by atoms with Crippen molar-refractivity contribution in [3.63, 3.8) is 0 Å². The van der Waals surface area contributed by atoms with Crippen LogP contribution in [0.15, 0.2) is 0 Å². The molecule has 3 nitrogen and oxygen atoms in total. The second-order valence-electron chi connectivity index (χ2n) is 4.02. The number of hydrogen-bond acceptors (Lipinski definition) is 2. The van der Waals surface area contributed by atoms with E-state index < -0.39 is 0 Å². The van der Waals surface area contributed by atoms with Gasteiger partial charge < -0.3 is 5.11 Å². The molecule has 0 atom stereocenters. The van der Waals surface area contributed by atoms with Gasteiger partial charge in [-0.05, 0) is 25.7 Å². The molecule has 1 aromatic rings. The standard InChI is InChI=1S/C11H20N2O/c1-5-10-9(7-8(3)4)11(14)12-13(10)6-2/h8H,5-7H2,1-4H3,(H,12,14). The zero-order valence-electron chi connectivity index (χ0n) is 9.54. The third-order valence-electron chi connectivity index (χ3n) is 2.39. The molecule has 0 aromatic carbocycles. The van der Waals surface area contributed by atoms with E-state index in [9.17, 15) is 5.11 Å². The van der Waals surface area contributed by atoms with Crippen LogP contribution in [0, 0.1) is 5.92 Å². The lowest BCUT2D eigenvalue weighted by molar-refractivity contribution is 0.431. The van der Waals surface area contributed by atoms with E-state index in [1.54, 1.807) is 0 Å². The van der Waals surface area contributed by atoms with Gasteiger partial charge in [-0.1, -0.05) is 20.8 Å². The lowest BCUT2D eigenvalue weighted by atomic mass is 10.0. The van der Waals surface area contributed by atoms with E-state index in [4.69, 9.17) is 0 Å². The summed E-state index contributed by atoms with van der Waals surface area (Å²) in [5.41, 5.74) is 2.21. The van der Waals surface area contributed by atoms with Gasteiger partial charge in [-0.15, -0.1) is 5.10 Å². The first-order valence-electron chi connectivity index (χ1n) is 5.37. The van der Waals surface area contributed by atoms with Crippen LogP contribution in [0.5, 0.6) is 5.88 Å². The summed E-state index contributed by atoms with van der Waals surface area (Å²) in [4.78, 5) is 0. The molecule has 0 aliphatic rings. The summed E-state index contributed by atoms with van der Waals surface area (Å²) in [6, 6.07) is 0. The van der Waals surface area contributed by atoms with Crippen molar-refractivity contribution in [3.05, 3.63) is 11.3 Å². The number of rotatable bonds is 4. The molecule has 0 bridgehead atoms. The van der Waals surface area contributed by atoms with E-state index in [0.717, 1.165) is 24.9 Å². The van der Waals surface area contributed by atoms with Gasteiger partial charge >= 0.3 is 0 Å². The monoisotopic (exact) mass is 196 g/mol. The SMILES string of the molecule is CCc1c(CC(C)C)c(O)nn1CC. The molecule has 1 heterocycles. The summed E-state index contributed by atoms with van der Waals surface area (Å²) < 4.78 is 1.90. The number of aromatic hydroxyl groups is 1. The van der Waals surface area contributed by atoms with E-state index in [1.165, 1.54) is 5.69 Å². The predicted molar refractivity (Wildman–Crippen MR) is 57.5 cm³/mol. The van der Waals surface area contributed by atoms with Gasteiger partial charge in [0.25, 0.3) is 0 Å². The average molecular weight is 196 g/mol. The first-order chi connectivity index (χ1) is 6.60. The van der Waals surface area contributed by atoms with Crippen LogP contribution >= 0.6 is 0 Å². The highest BCUT2D eigenvalue weighted by molar-refractivity contribution is 5.30. The molecule has 0 aliphatic carbocycles. The summed E-state index contributed by atoms with van der Waals surface area (Å²) >= 11 is 0. The summed E-state index contributed by atoms with van der Waals surface area (Å²) in [6.45, 7) is 9.29. The third-order valence-corrected chi connectivity index (χ3v) is 2.39. The Labute approximate surface area is 85.8 Å². The summed E-state index contributed by atoms with van der Waals surface area (Å²) in [5.74, 6) is 0.776. The molecule has 80 valence electrons. The fourth-order valence-electron chi connectivity index (χ4n) is 1.79. The van der Waals surface area contributed by atoms with E-state index in [0.29, 0.717) is 5.92 Å². The Kier molecular flexibility index (Phi) is 3.55. The van der Waals surface area contributed by atoms with Gasteiger partial charge in [0, 0.05) is 17.8 Å². The van der Waals surface area contributed by atoms with Crippen LogP contribution in [0.4, 0.5) is 0 Å². The van der Waals surface area contributed by atoms with Crippen molar-refractivity contribution in [1.82, 2.24) is 9.78 Å². The van der Waals surface area contributed by atoms with E-state index >= 15 is 0 Å². The predicted octanol–water partition coefficient (Wildman–Crippen LogP) is 2.37. The highest BCUT2D eigenvalue weighted by Gasteiger charge is 2.15. The van der Waals surface area contributed by atoms with Gasteiger partial charge in [0.15, 0.2) is 0 Å². The molecular weight excluding hydrogens is 176 g/mol. The maximum atomic E-state index is 9.69. The Morgan fingerprint density at radius 1 is 1.36 bits per heavy atom. The molecule has 3 heteroatoms. The Hall–Kier alpha value is -0.990.